The van der Waals surface area contributed by atoms with Crippen molar-refractivity contribution in [1.29, 1.82) is 0 Å². The van der Waals surface area contributed by atoms with Gasteiger partial charge in [0, 0.05) is 5.02 Å². The van der Waals surface area contributed by atoms with Gasteiger partial charge in [0.2, 0.25) is 0 Å². The normalized spacial score (nSPS) is 19.5. The molecule has 2 rings (SSSR count). The predicted molar refractivity (Wildman–Crippen MR) is 59.1 cm³/mol. The van der Waals surface area contributed by atoms with E-state index in [2.05, 4.69) is 0 Å². The molecule has 0 saturated heterocycles. The van der Waals surface area contributed by atoms with Gasteiger partial charge in [-0.2, -0.15) is 0 Å². The summed E-state index contributed by atoms with van der Waals surface area (Å²) in [5.74, 6) is -0.241. The Labute approximate surface area is 94.2 Å². The van der Waals surface area contributed by atoms with E-state index in [-0.39, 0.29) is 11.9 Å². The maximum Gasteiger partial charge on any atom is 0.313 e. The van der Waals surface area contributed by atoms with Gasteiger partial charge in [0.1, 0.15) is 0 Å². The Hall–Kier alpha value is -1.02. The van der Waals surface area contributed by atoms with Gasteiger partial charge in [0.05, 0.1) is 13.0 Å². The highest BCUT2D eigenvalue weighted by Gasteiger charge is 2.26. The molecule has 1 atom stereocenters. The van der Waals surface area contributed by atoms with Gasteiger partial charge in [-0.05, 0) is 42.5 Å². The van der Waals surface area contributed by atoms with E-state index in [1.807, 2.05) is 18.2 Å². The topological polar surface area (TPSA) is 26.3 Å². The highest BCUT2D eigenvalue weighted by atomic mass is 35.5. The van der Waals surface area contributed by atoms with Crippen LogP contribution in [0.1, 0.15) is 29.9 Å². The molecule has 80 valence electrons. The van der Waals surface area contributed by atoms with E-state index in [0.29, 0.717) is 0 Å². The second-order valence-corrected chi connectivity index (χ2v) is 4.25. The number of esters is 1. The molecule has 0 fully saturated rings. The standard InChI is InChI=1S/C12H13ClO2/c1-15-12(14)11-4-2-3-8-7-9(13)5-6-10(8)11/h5-7,11H,2-4H2,1H3. The number of carbonyl (C=O) groups is 1. The van der Waals surface area contributed by atoms with Gasteiger partial charge >= 0.3 is 5.97 Å². The Morgan fingerprint density at radius 2 is 2.33 bits per heavy atom. The Bertz CT molecular complexity index is 387. The van der Waals surface area contributed by atoms with Gasteiger partial charge < -0.3 is 4.74 Å². The van der Waals surface area contributed by atoms with Gasteiger partial charge in [-0.1, -0.05) is 17.7 Å². The molecule has 0 spiro atoms. The first-order chi connectivity index (χ1) is 7.22. The molecule has 1 unspecified atom stereocenters. The first-order valence-corrected chi connectivity index (χ1v) is 5.46. The molecule has 1 aliphatic carbocycles. The van der Waals surface area contributed by atoms with E-state index < -0.39 is 0 Å². The van der Waals surface area contributed by atoms with Crippen molar-refractivity contribution in [3.8, 4) is 0 Å². The van der Waals surface area contributed by atoms with Gasteiger partial charge in [-0.15, -0.1) is 0 Å². The summed E-state index contributed by atoms with van der Waals surface area (Å²) in [6.07, 6.45) is 2.90. The number of methoxy groups -OCH3 is 1. The summed E-state index contributed by atoms with van der Waals surface area (Å²) < 4.78 is 4.80. The lowest BCUT2D eigenvalue weighted by Gasteiger charge is -2.23. The second kappa shape index (κ2) is 4.23. The van der Waals surface area contributed by atoms with Gasteiger partial charge in [-0.3, -0.25) is 4.79 Å². The van der Waals surface area contributed by atoms with Gasteiger partial charge in [-0.25, -0.2) is 0 Å². The lowest BCUT2D eigenvalue weighted by Crippen LogP contribution is -2.19. The van der Waals surface area contributed by atoms with Crippen molar-refractivity contribution >= 4 is 17.6 Å². The first kappa shape index (κ1) is 10.5. The molecule has 1 aliphatic rings. The zero-order valence-corrected chi connectivity index (χ0v) is 9.38. The highest BCUT2D eigenvalue weighted by molar-refractivity contribution is 6.30. The number of halogens is 1. The maximum atomic E-state index is 11.6. The molecule has 15 heavy (non-hydrogen) atoms. The zero-order chi connectivity index (χ0) is 10.8. The SMILES string of the molecule is COC(=O)C1CCCc2cc(Cl)ccc21. The Kier molecular flexibility index (Phi) is 2.96. The summed E-state index contributed by atoms with van der Waals surface area (Å²) >= 11 is 5.92. The van der Waals surface area contributed by atoms with Gasteiger partial charge in [0.25, 0.3) is 0 Å². The van der Waals surface area contributed by atoms with Crippen LogP contribution in [0, 0.1) is 0 Å². The molecule has 0 amide bonds. The third-order valence-corrected chi connectivity index (χ3v) is 3.14. The molecule has 0 aromatic heterocycles. The third-order valence-electron chi connectivity index (χ3n) is 2.91. The van der Waals surface area contributed by atoms with Crippen LogP contribution < -0.4 is 0 Å². The number of benzene rings is 1. The second-order valence-electron chi connectivity index (χ2n) is 3.81. The first-order valence-electron chi connectivity index (χ1n) is 5.08. The summed E-state index contributed by atoms with van der Waals surface area (Å²) in [4.78, 5) is 11.6. The molecule has 0 N–H and O–H groups in total. The van der Waals surface area contributed by atoms with E-state index in [1.54, 1.807) is 0 Å². The van der Waals surface area contributed by atoms with Crippen LogP contribution in [0.5, 0.6) is 0 Å². The molecular weight excluding hydrogens is 212 g/mol. The minimum Gasteiger partial charge on any atom is -0.469 e. The van der Waals surface area contributed by atoms with E-state index in [4.69, 9.17) is 16.3 Å². The molecule has 2 nitrogen and oxygen atoms in total. The summed E-state index contributed by atoms with van der Waals surface area (Å²) in [7, 11) is 1.44. The largest absolute Gasteiger partial charge is 0.469 e. The van der Waals surface area contributed by atoms with Crippen molar-refractivity contribution in [2.24, 2.45) is 0 Å². The fourth-order valence-electron chi connectivity index (χ4n) is 2.17. The Morgan fingerprint density at radius 3 is 3.07 bits per heavy atom. The average Bonchev–Trinajstić information content (AvgIpc) is 2.26. The van der Waals surface area contributed by atoms with Crippen LogP contribution >= 0.6 is 11.6 Å². The van der Waals surface area contributed by atoms with Crippen LogP contribution in [-0.2, 0) is 16.0 Å². The predicted octanol–water partition coefficient (Wildman–Crippen LogP) is 2.93. The highest BCUT2D eigenvalue weighted by Crippen LogP contribution is 2.33. The van der Waals surface area contributed by atoms with Crippen molar-refractivity contribution in [2.45, 2.75) is 25.2 Å². The summed E-state index contributed by atoms with van der Waals surface area (Å²) in [5, 5.41) is 0.735. The van der Waals surface area contributed by atoms with Crippen LogP contribution in [0.2, 0.25) is 5.02 Å². The fraction of sp³-hybridized carbons (Fsp3) is 0.417. The molecule has 0 bridgehead atoms. The van der Waals surface area contributed by atoms with Gasteiger partial charge in [0.15, 0.2) is 0 Å². The number of rotatable bonds is 1. The maximum absolute atomic E-state index is 11.6. The summed E-state index contributed by atoms with van der Waals surface area (Å²) in [5.41, 5.74) is 2.27. The van der Waals surface area contributed by atoms with Crippen molar-refractivity contribution in [3.05, 3.63) is 34.3 Å². The quantitative estimate of drug-likeness (QED) is 0.686. The molecule has 1 aromatic carbocycles. The molecule has 0 aliphatic heterocycles. The van der Waals surface area contributed by atoms with Crippen LogP contribution in [0.25, 0.3) is 0 Å². The number of fused-ring (bicyclic) bond motifs is 1. The number of hydrogen-bond acceptors (Lipinski definition) is 2. The minimum atomic E-state index is -0.140. The van der Waals surface area contributed by atoms with Crippen molar-refractivity contribution in [2.75, 3.05) is 7.11 Å². The Morgan fingerprint density at radius 1 is 1.53 bits per heavy atom. The fourth-order valence-corrected chi connectivity index (χ4v) is 2.36. The monoisotopic (exact) mass is 224 g/mol. The van der Waals surface area contributed by atoms with Crippen LogP contribution in [0.15, 0.2) is 18.2 Å². The molecule has 3 heteroatoms. The lowest BCUT2D eigenvalue weighted by atomic mass is 9.83. The molecule has 1 aromatic rings. The smallest absolute Gasteiger partial charge is 0.313 e. The summed E-state index contributed by atoms with van der Waals surface area (Å²) in [6, 6.07) is 5.73. The number of aryl methyl sites for hydroxylation is 1. The van der Waals surface area contributed by atoms with E-state index in [9.17, 15) is 4.79 Å². The van der Waals surface area contributed by atoms with E-state index in [0.717, 1.165) is 29.8 Å². The molecule has 0 radical (unpaired) electrons. The molecule has 0 heterocycles. The molecular formula is C12H13ClO2. The number of carbonyl (C=O) groups excluding carboxylic acids is 1. The Balaban J connectivity index is 2.38. The van der Waals surface area contributed by atoms with Crippen LogP contribution in [0.4, 0.5) is 0 Å². The van der Waals surface area contributed by atoms with Crippen LogP contribution in [-0.4, -0.2) is 13.1 Å². The van der Waals surface area contributed by atoms with Crippen molar-refractivity contribution < 1.29 is 9.53 Å². The average molecular weight is 225 g/mol. The van der Waals surface area contributed by atoms with E-state index in [1.165, 1.54) is 12.7 Å². The van der Waals surface area contributed by atoms with Crippen molar-refractivity contribution in [1.82, 2.24) is 0 Å². The minimum absolute atomic E-state index is 0.101. The van der Waals surface area contributed by atoms with Crippen LogP contribution in [0.3, 0.4) is 0 Å². The zero-order valence-electron chi connectivity index (χ0n) is 8.63. The van der Waals surface area contributed by atoms with Crippen molar-refractivity contribution in [3.63, 3.8) is 0 Å². The lowest BCUT2D eigenvalue weighted by molar-refractivity contribution is -0.142. The number of hydrogen-bond donors (Lipinski definition) is 0. The van der Waals surface area contributed by atoms with E-state index >= 15 is 0 Å². The summed E-state index contributed by atoms with van der Waals surface area (Å²) in [6.45, 7) is 0. The number of ether oxygens (including phenoxy) is 1. The molecule has 0 saturated carbocycles. The third kappa shape index (κ3) is 2.00.